The monoisotopic (exact) mass is 396 g/mol. The number of pyridine rings is 1. The second-order valence-electron chi connectivity index (χ2n) is 5.79. The van der Waals surface area contributed by atoms with E-state index in [1.807, 2.05) is 19.1 Å². The van der Waals surface area contributed by atoms with Crippen LogP contribution in [0.1, 0.15) is 11.3 Å². The van der Waals surface area contributed by atoms with E-state index in [-0.39, 0.29) is 19.1 Å². The Morgan fingerprint density at radius 3 is 2.41 bits per heavy atom. The van der Waals surface area contributed by atoms with Gasteiger partial charge in [0.05, 0.1) is 34.1 Å². The maximum atomic E-state index is 11.9. The summed E-state index contributed by atoms with van der Waals surface area (Å²) in [4.78, 5) is 16.1. The van der Waals surface area contributed by atoms with Crippen molar-refractivity contribution < 1.29 is 23.7 Å². The minimum Gasteiger partial charge on any atom is -0.493 e. The molecular weight excluding hydrogens is 372 g/mol. The topological polar surface area (TPSA) is 78.9 Å². The number of aryl methyl sites for hydroxylation is 1. The number of hydrogen-bond donors (Lipinski definition) is 1. The van der Waals surface area contributed by atoms with E-state index in [1.165, 1.54) is 27.4 Å². The van der Waals surface area contributed by atoms with E-state index < -0.39 is 0 Å². The summed E-state index contributed by atoms with van der Waals surface area (Å²) >= 11 is 0. The quantitative estimate of drug-likeness (QED) is 0.546. The van der Waals surface area contributed by atoms with Crippen molar-refractivity contribution in [3.05, 3.63) is 47.8 Å². The molecule has 0 radical (unpaired) electrons. The molecule has 1 amide bonds. The Morgan fingerprint density at radius 1 is 1.10 bits per heavy atom. The molecule has 0 spiro atoms. The van der Waals surface area contributed by atoms with Gasteiger partial charge in [0.2, 0.25) is 11.7 Å². The van der Waals surface area contributed by atoms with Gasteiger partial charge in [0.25, 0.3) is 0 Å². The first kappa shape index (κ1) is 21.6. The van der Waals surface area contributed by atoms with Gasteiger partial charge < -0.3 is 24.3 Å². The minimum atomic E-state index is -0.267. The molecule has 2 aromatic rings. The van der Waals surface area contributed by atoms with E-state index in [4.69, 9.17) is 18.9 Å². The van der Waals surface area contributed by atoms with Crippen molar-refractivity contribution in [1.82, 2.24) is 10.3 Å². The third-order valence-corrected chi connectivity index (χ3v) is 3.79. The highest BCUT2D eigenvalue weighted by molar-refractivity contribution is 5.92. The third-order valence-electron chi connectivity index (χ3n) is 3.79. The fourth-order valence-corrected chi connectivity index (χ4v) is 2.33. The van der Waals surface area contributed by atoms with Crippen LogP contribution < -0.4 is 24.3 Å². The maximum Gasteiger partial charge on any atom is 0.244 e. The molecule has 152 valence electrons. The second kappa shape index (κ2) is 11.2. The summed E-state index contributed by atoms with van der Waals surface area (Å²) in [7, 11) is 4.61. The predicted molar refractivity (Wildman–Crippen MR) is 110 cm³/mol. The average molecular weight is 396 g/mol. The number of nitrogens with one attached hydrogen (secondary N) is 1. The van der Waals surface area contributed by atoms with Crippen molar-refractivity contribution in [2.24, 2.45) is 0 Å². The van der Waals surface area contributed by atoms with Crippen LogP contribution in [0, 0.1) is 18.8 Å². The molecule has 1 N–H and O–H groups in total. The summed E-state index contributed by atoms with van der Waals surface area (Å²) in [5.41, 5.74) is 1.66. The number of carbonyl (C=O) groups is 1. The lowest BCUT2D eigenvalue weighted by molar-refractivity contribution is -0.116. The van der Waals surface area contributed by atoms with Gasteiger partial charge in [-0.1, -0.05) is 11.8 Å². The molecular formula is C22H24N2O5. The van der Waals surface area contributed by atoms with Crippen LogP contribution in [0.4, 0.5) is 0 Å². The summed E-state index contributed by atoms with van der Waals surface area (Å²) in [6.07, 6.45) is 4.71. The van der Waals surface area contributed by atoms with E-state index in [0.29, 0.717) is 23.0 Å². The zero-order valence-electron chi connectivity index (χ0n) is 16.9. The summed E-state index contributed by atoms with van der Waals surface area (Å²) < 4.78 is 21.3. The van der Waals surface area contributed by atoms with Crippen molar-refractivity contribution >= 4 is 12.0 Å². The lowest BCUT2D eigenvalue weighted by Crippen LogP contribution is -2.21. The molecule has 0 atom stereocenters. The van der Waals surface area contributed by atoms with Gasteiger partial charge in [0.15, 0.2) is 11.5 Å². The Kier molecular flexibility index (Phi) is 8.39. The number of methoxy groups -OCH3 is 3. The van der Waals surface area contributed by atoms with Gasteiger partial charge in [-0.3, -0.25) is 9.78 Å². The van der Waals surface area contributed by atoms with Gasteiger partial charge in [-0.25, -0.2) is 0 Å². The van der Waals surface area contributed by atoms with E-state index in [0.717, 1.165) is 11.3 Å². The van der Waals surface area contributed by atoms with E-state index >= 15 is 0 Å². The number of ether oxygens (including phenoxy) is 4. The zero-order valence-corrected chi connectivity index (χ0v) is 16.9. The zero-order chi connectivity index (χ0) is 21.1. The summed E-state index contributed by atoms with van der Waals surface area (Å²) in [6, 6.07) is 7.20. The van der Waals surface area contributed by atoms with Crippen molar-refractivity contribution in [1.29, 1.82) is 0 Å². The highest BCUT2D eigenvalue weighted by Gasteiger charge is 2.12. The normalized spacial score (nSPS) is 10.1. The highest BCUT2D eigenvalue weighted by Crippen LogP contribution is 2.38. The molecule has 2 rings (SSSR count). The van der Waals surface area contributed by atoms with Gasteiger partial charge >= 0.3 is 0 Å². The van der Waals surface area contributed by atoms with E-state index in [9.17, 15) is 4.79 Å². The Morgan fingerprint density at radius 2 is 1.83 bits per heavy atom. The third kappa shape index (κ3) is 6.78. The van der Waals surface area contributed by atoms with Crippen LogP contribution in [0.3, 0.4) is 0 Å². The number of carbonyl (C=O) groups excluding carboxylic acids is 1. The Balaban J connectivity index is 1.83. The molecule has 0 aliphatic carbocycles. The number of rotatable bonds is 8. The molecule has 1 heterocycles. The molecule has 0 saturated carbocycles. The fraction of sp³-hybridized carbons (Fsp3) is 0.273. The molecule has 29 heavy (non-hydrogen) atoms. The Hall–Kier alpha value is -3.66. The minimum absolute atomic E-state index is 0.216. The predicted octanol–water partition coefficient (Wildman–Crippen LogP) is 2.63. The summed E-state index contributed by atoms with van der Waals surface area (Å²) in [6.45, 7) is 2.35. The van der Waals surface area contributed by atoms with Gasteiger partial charge in [-0.05, 0) is 42.8 Å². The van der Waals surface area contributed by atoms with Gasteiger partial charge in [-0.2, -0.15) is 0 Å². The van der Waals surface area contributed by atoms with Crippen LogP contribution in [0.5, 0.6) is 23.0 Å². The number of aromatic nitrogens is 1. The average Bonchev–Trinajstić information content (AvgIpc) is 2.74. The first-order valence-electron chi connectivity index (χ1n) is 8.84. The van der Waals surface area contributed by atoms with Crippen molar-refractivity contribution in [3.8, 4) is 34.8 Å². The lowest BCUT2D eigenvalue weighted by atomic mass is 10.1. The van der Waals surface area contributed by atoms with Gasteiger partial charge in [-0.15, -0.1) is 0 Å². The Bertz CT molecular complexity index is 886. The number of nitrogens with zero attached hydrogens (tertiary/aromatic N) is 1. The maximum absolute atomic E-state index is 11.9. The van der Waals surface area contributed by atoms with Gasteiger partial charge in [0, 0.05) is 11.8 Å². The number of amides is 1. The number of benzene rings is 1. The lowest BCUT2D eigenvalue weighted by Gasteiger charge is -2.12. The fourth-order valence-electron chi connectivity index (χ4n) is 2.33. The second-order valence-corrected chi connectivity index (χ2v) is 5.79. The molecule has 7 nitrogen and oxygen atoms in total. The highest BCUT2D eigenvalue weighted by atomic mass is 16.5. The first-order chi connectivity index (χ1) is 14.1. The van der Waals surface area contributed by atoms with Crippen LogP contribution >= 0.6 is 0 Å². The molecule has 0 fully saturated rings. The van der Waals surface area contributed by atoms with Crippen LogP contribution in [-0.2, 0) is 4.79 Å². The van der Waals surface area contributed by atoms with Crippen LogP contribution in [0.2, 0.25) is 0 Å². The smallest absolute Gasteiger partial charge is 0.244 e. The van der Waals surface area contributed by atoms with Crippen LogP contribution in [0.15, 0.2) is 36.5 Å². The van der Waals surface area contributed by atoms with Crippen molar-refractivity contribution in [3.63, 3.8) is 0 Å². The molecule has 1 aromatic carbocycles. The molecule has 0 bridgehead atoms. The molecule has 0 aliphatic rings. The molecule has 7 heteroatoms. The van der Waals surface area contributed by atoms with Crippen LogP contribution in [-0.4, -0.2) is 45.4 Å². The molecule has 0 saturated heterocycles. The Labute approximate surface area is 170 Å². The van der Waals surface area contributed by atoms with Crippen molar-refractivity contribution in [2.75, 3.05) is 34.5 Å². The summed E-state index contributed by atoms with van der Waals surface area (Å²) in [5, 5.41) is 2.68. The molecule has 0 aliphatic heterocycles. The van der Waals surface area contributed by atoms with E-state index in [2.05, 4.69) is 22.1 Å². The van der Waals surface area contributed by atoms with Crippen molar-refractivity contribution in [2.45, 2.75) is 6.92 Å². The number of hydrogen-bond acceptors (Lipinski definition) is 6. The largest absolute Gasteiger partial charge is 0.493 e. The first-order valence-corrected chi connectivity index (χ1v) is 8.84. The summed E-state index contributed by atoms with van der Waals surface area (Å²) in [5.74, 6) is 7.58. The standard InChI is InChI=1S/C22H24N2O5/c1-16-7-9-18(15-24-16)29-12-6-5-11-23-21(25)10-8-17-13-19(26-2)22(28-4)20(14-17)27-3/h7-10,13-15H,11-12H2,1-4H3,(H,23,25)/b10-8+. The molecule has 0 unspecified atom stereocenters. The van der Waals surface area contributed by atoms with Crippen LogP contribution in [0.25, 0.3) is 6.08 Å². The SMILES string of the molecule is COc1cc(/C=C/C(=O)NCC#CCOc2ccc(C)nc2)cc(OC)c1OC. The van der Waals surface area contributed by atoms with Gasteiger partial charge in [0.1, 0.15) is 12.4 Å². The van der Waals surface area contributed by atoms with E-state index in [1.54, 1.807) is 24.4 Å². The molecule has 1 aromatic heterocycles.